The molecule has 96 valence electrons. The second-order valence-electron chi connectivity index (χ2n) is 3.86. The molecule has 0 aliphatic heterocycles. The molecule has 2 N–H and O–H groups in total. The third-order valence-electron chi connectivity index (χ3n) is 2.49. The van der Waals surface area contributed by atoms with E-state index in [1.807, 2.05) is 6.92 Å². The quantitative estimate of drug-likeness (QED) is 0.821. The molecule has 0 aromatic heterocycles. The van der Waals surface area contributed by atoms with Crippen LogP contribution in [0.1, 0.15) is 19.8 Å². The summed E-state index contributed by atoms with van der Waals surface area (Å²) >= 11 is 0. The average Bonchev–Trinajstić information content (AvgIpc) is 2.28. The molecule has 0 saturated heterocycles. The van der Waals surface area contributed by atoms with E-state index in [1.165, 1.54) is 17.4 Å². The van der Waals surface area contributed by atoms with Gasteiger partial charge in [-0.2, -0.15) is 0 Å². The number of anilines is 1. The highest BCUT2D eigenvalue weighted by Crippen LogP contribution is 2.22. The summed E-state index contributed by atoms with van der Waals surface area (Å²) in [7, 11) is -2.23. The molecule has 4 nitrogen and oxygen atoms in total. The first-order valence-corrected chi connectivity index (χ1v) is 6.85. The van der Waals surface area contributed by atoms with Gasteiger partial charge < -0.3 is 5.73 Å². The van der Waals surface area contributed by atoms with Gasteiger partial charge in [-0.05, 0) is 24.6 Å². The summed E-state index contributed by atoms with van der Waals surface area (Å²) in [6.45, 7) is 2.37. The van der Waals surface area contributed by atoms with Crippen molar-refractivity contribution in [2.45, 2.75) is 24.7 Å². The summed E-state index contributed by atoms with van der Waals surface area (Å²) in [6.07, 6.45) is 1.64. The molecule has 1 aromatic carbocycles. The van der Waals surface area contributed by atoms with E-state index >= 15 is 0 Å². The maximum atomic E-state index is 13.1. The molecule has 0 heterocycles. The van der Waals surface area contributed by atoms with E-state index in [9.17, 15) is 12.8 Å². The van der Waals surface area contributed by atoms with Crippen LogP contribution in [-0.2, 0) is 10.0 Å². The van der Waals surface area contributed by atoms with Crippen LogP contribution in [0.5, 0.6) is 0 Å². The van der Waals surface area contributed by atoms with Crippen LogP contribution >= 0.6 is 0 Å². The summed E-state index contributed by atoms with van der Waals surface area (Å²) in [5, 5.41) is 0. The fraction of sp³-hybridized carbons (Fsp3) is 0.455. The summed E-state index contributed by atoms with van der Waals surface area (Å²) in [4.78, 5) is -0.170. The van der Waals surface area contributed by atoms with Gasteiger partial charge in [0.2, 0.25) is 10.0 Å². The number of hydrogen-bond donors (Lipinski definition) is 1. The van der Waals surface area contributed by atoms with Crippen LogP contribution in [0, 0.1) is 5.82 Å². The van der Waals surface area contributed by atoms with E-state index in [4.69, 9.17) is 5.73 Å². The highest BCUT2D eigenvalue weighted by molar-refractivity contribution is 7.89. The Balaban J connectivity index is 3.08. The number of halogens is 1. The normalized spacial score (nSPS) is 12.0. The number of rotatable bonds is 5. The topological polar surface area (TPSA) is 63.4 Å². The SMILES string of the molecule is CCCCN(C)S(=O)(=O)c1cc(F)ccc1N. The molecule has 1 aromatic rings. The molecule has 0 unspecified atom stereocenters. The molecule has 0 bridgehead atoms. The molecule has 1 rings (SSSR count). The van der Waals surface area contributed by atoms with Crippen LogP contribution in [-0.4, -0.2) is 26.3 Å². The molecule has 0 amide bonds. The van der Waals surface area contributed by atoms with Gasteiger partial charge in [-0.1, -0.05) is 13.3 Å². The van der Waals surface area contributed by atoms with Crippen molar-refractivity contribution in [2.24, 2.45) is 0 Å². The van der Waals surface area contributed by atoms with E-state index in [2.05, 4.69) is 0 Å². The Hall–Kier alpha value is -1.14. The van der Waals surface area contributed by atoms with E-state index in [1.54, 1.807) is 0 Å². The number of sulfonamides is 1. The largest absolute Gasteiger partial charge is 0.398 e. The van der Waals surface area contributed by atoms with Gasteiger partial charge in [-0.3, -0.25) is 0 Å². The molecule has 6 heteroatoms. The molecular formula is C11H17FN2O2S. The molecular weight excluding hydrogens is 243 g/mol. The van der Waals surface area contributed by atoms with Gasteiger partial charge in [0.1, 0.15) is 10.7 Å². The average molecular weight is 260 g/mol. The monoisotopic (exact) mass is 260 g/mol. The molecule has 0 radical (unpaired) electrons. The zero-order chi connectivity index (χ0) is 13.1. The van der Waals surface area contributed by atoms with Crippen LogP contribution in [0.2, 0.25) is 0 Å². The number of nitrogens with two attached hydrogens (primary N) is 1. The summed E-state index contributed by atoms with van der Waals surface area (Å²) in [5.74, 6) is -0.610. The number of nitrogen functional groups attached to an aromatic ring is 1. The van der Waals surface area contributed by atoms with Crippen molar-refractivity contribution in [3.05, 3.63) is 24.0 Å². The zero-order valence-corrected chi connectivity index (χ0v) is 10.8. The lowest BCUT2D eigenvalue weighted by atomic mass is 10.3. The zero-order valence-electron chi connectivity index (χ0n) is 9.98. The fourth-order valence-electron chi connectivity index (χ4n) is 1.40. The fourth-order valence-corrected chi connectivity index (χ4v) is 2.73. The van der Waals surface area contributed by atoms with Crippen LogP contribution in [0.15, 0.2) is 23.1 Å². The van der Waals surface area contributed by atoms with Crippen molar-refractivity contribution < 1.29 is 12.8 Å². The van der Waals surface area contributed by atoms with Crippen molar-refractivity contribution in [2.75, 3.05) is 19.3 Å². The van der Waals surface area contributed by atoms with E-state index in [-0.39, 0.29) is 10.6 Å². The van der Waals surface area contributed by atoms with Crippen molar-refractivity contribution in [1.82, 2.24) is 4.31 Å². The number of hydrogen-bond acceptors (Lipinski definition) is 3. The predicted octanol–water partition coefficient (Wildman–Crippen LogP) is 1.83. The minimum atomic E-state index is -3.70. The first kappa shape index (κ1) is 13.9. The molecule has 0 atom stereocenters. The highest BCUT2D eigenvalue weighted by Gasteiger charge is 2.23. The first-order chi connectivity index (χ1) is 7.89. The van der Waals surface area contributed by atoms with Gasteiger partial charge in [0.15, 0.2) is 0 Å². The lowest BCUT2D eigenvalue weighted by Crippen LogP contribution is -2.28. The third kappa shape index (κ3) is 3.17. The summed E-state index contributed by atoms with van der Waals surface area (Å²) in [6, 6.07) is 3.35. The standard InChI is InChI=1S/C11H17FN2O2S/c1-3-4-7-14(2)17(15,16)11-8-9(12)5-6-10(11)13/h5-6,8H,3-4,7,13H2,1-2H3. The molecule has 0 saturated carbocycles. The molecule has 0 fully saturated rings. The summed E-state index contributed by atoms with van der Waals surface area (Å²) < 4.78 is 38.4. The van der Waals surface area contributed by atoms with Crippen LogP contribution in [0.25, 0.3) is 0 Å². The van der Waals surface area contributed by atoms with Gasteiger partial charge in [0, 0.05) is 13.6 Å². The molecule has 17 heavy (non-hydrogen) atoms. The summed E-state index contributed by atoms with van der Waals surface area (Å²) in [5.41, 5.74) is 5.63. The Labute approximate surface area is 101 Å². The van der Waals surface area contributed by atoms with Crippen molar-refractivity contribution >= 4 is 15.7 Å². The van der Waals surface area contributed by atoms with E-state index in [0.717, 1.165) is 25.0 Å². The van der Waals surface area contributed by atoms with Gasteiger partial charge >= 0.3 is 0 Å². The Kier molecular flexibility index (Phi) is 4.47. The second-order valence-corrected chi connectivity index (χ2v) is 5.88. The Morgan fingerprint density at radius 2 is 2.06 bits per heavy atom. The smallest absolute Gasteiger partial charge is 0.244 e. The van der Waals surface area contributed by atoms with Crippen molar-refractivity contribution in [3.8, 4) is 0 Å². The van der Waals surface area contributed by atoms with Crippen LogP contribution in [0.4, 0.5) is 10.1 Å². The first-order valence-electron chi connectivity index (χ1n) is 5.41. The van der Waals surface area contributed by atoms with E-state index in [0.29, 0.717) is 6.54 Å². The Morgan fingerprint density at radius 3 is 2.65 bits per heavy atom. The van der Waals surface area contributed by atoms with Crippen LogP contribution in [0.3, 0.4) is 0 Å². The van der Waals surface area contributed by atoms with Gasteiger partial charge in [0.05, 0.1) is 5.69 Å². The lowest BCUT2D eigenvalue weighted by molar-refractivity contribution is 0.459. The van der Waals surface area contributed by atoms with Gasteiger partial charge in [-0.25, -0.2) is 17.1 Å². The van der Waals surface area contributed by atoms with Crippen LogP contribution < -0.4 is 5.73 Å². The molecule has 0 aliphatic carbocycles. The minimum absolute atomic E-state index is 0.0646. The Morgan fingerprint density at radius 1 is 1.41 bits per heavy atom. The third-order valence-corrected chi connectivity index (χ3v) is 4.40. The molecule has 0 spiro atoms. The Bertz CT molecular complexity index is 488. The van der Waals surface area contributed by atoms with Crippen molar-refractivity contribution in [1.29, 1.82) is 0 Å². The van der Waals surface area contributed by atoms with Gasteiger partial charge in [0.25, 0.3) is 0 Å². The van der Waals surface area contributed by atoms with Crippen molar-refractivity contribution in [3.63, 3.8) is 0 Å². The molecule has 0 aliphatic rings. The minimum Gasteiger partial charge on any atom is -0.398 e. The maximum Gasteiger partial charge on any atom is 0.244 e. The lowest BCUT2D eigenvalue weighted by Gasteiger charge is -2.17. The number of unbranched alkanes of at least 4 members (excludes halogenated alkanes) is 1. The second kappa shape index (κ2) is 5.46. The van der Waals surface area contributed by atoms with E-state index < -0.39 is 15.8 Å². The maximum absolute atomic E-state index is 13.1. The number of nitrogens with zero attached hydrogens (tertiary/aromatic N) is 1. The number of benzene rings is 1. The highest BCUT2D eigenvalue weighted by atomic mass is 32.2. The predicted molar refractivity (Wildman–Crippen MR) is 65.5 cm³/mol. The van der Waals surface area contributed by atoms with Gasteiger partial charge in [-0.15, -0.1) is 0 Å².